The van der Waals surface area contributed by atoms with Crippen molar-refractivity contribution in [1.82, 2.24) is 15.1 Å². The Hall–Kier alpha value is -2.69. The average molecular weight is 337 g/mol. The summed E-state index contributed by atoms with van der Waals surface area (Å²) in [5.74, 6) is 0.380. The molecular formula is C20H20FN3O. The first kappa shape index (κ1) is 15.8. The Bertz CT molecular complexity index is 897. The molecule has 1 N–H and O–H groups in total. The van der Waals surface area contributed by atoms with Gasteiger partial charge in [-0.2, -0.15) is 5.10 Å². The van der Waals surface area contributed by atoms with Crippen molar-refractivity contribution in [2.45, 2.75) is 19.3 Å². The minimum absolute atomic E-state index is 0.0659. The zero-order chi connectivity index (χ0) is 17.2. The van der Waals surface area contributed by atoms with Gasteiger partial charge in [0, 0.05) is 18.5 Å². The van der Waals surface area contributed by atoms with Crippen molar-refractivity contribution >= 4 is 16.8 Å². The van der Waals surface area contributed by atoms with Gasteiger partial charge in [-0.1, -0.05) is 18.2 Å². The number of nitrogens with zero attached hydrogens (tertiary/aromatic N) is 2. The molecule has 1 aliphatic heterocycles. The summed E-state index contributed by atoms with van der Waals surface area (Å²) in [7, 11) is 0. The monoisotopic (exact) mass is 337 g/mol. The molecule has 25 heavy (non-hydrogen) atoms. The molecule has 0 unspecified atom stereocenters. The highest BCUT2D eigenvalue weighted by molar-refractivity contribution is 6.06. The lowest BCUT2D eigenvalue weighted by molar-refractivity contribution is 0.0692. The van der Waals surface area contributed by atoms with Crippen molar-refractivity contribution in [2.75, 3.05) is 13.1 Å². The number of rotatable bonds is 3. The Morgan fingerprint density at radius 1 is 1.20 bits per heavy atom. The molecule has 0 aliphatic carbocycles. The van der Waals surface area contributed by atoms with Crippen molar-refractivity contribution in [3.05, 3.63) is 65.6 Å². The molecule has 3 aromatic rings. The van der Waals surface area contributed by atoms with Crippen LogP contribution in [-0.2, 0) is 6.42 Å². The number of likely N-dealkylation sites (tertiary alicyclic amines) is 1. The Kier molecular flexibility index (Phi) is 4.22. The van der Waals surface area contributed by atoms with Gasteiger partial charge >= 0.3 is 0 Å². The second-order valence-electron chi connectivity index (χ2n) is 6.71. The number of nitrogens with one attached hydrogen (secondary N) is 1. The lowest BCUT2D eigenvalue weighted by Gasteiger charge is -2.32. The molecule has 0 saturated carbocycles. The highest BCUT2D eigenvalue weighted by Crippen LogP contribution is 2.25. The third-order valence-electron chi connectivity index (χ3n) is 5.03. The van der Waals surface area contributed by atoms with E-state index in [1.54, 1.807) is 18.3 Å². The van der Waals surface area contributed by atoms with Gasteiger partial charge in [0.15, 0.2) is 0 Å². The maximum Gasteiger partial charge on any atom is 0.254 e. The summed E-state index contributed by atoms with van der Waals surface area (Å²) in [5, 5.41) is 7.80. The number of fused-ring (bicyclic) bond motifs is 1. The van der Waals surface area contributed by atoms with Gasteiger partial charge in [0.05, 0.1) is 17.3 Å². The van der Waals surface area contributed by atoms with Crippen LogP contribution in [0, 0.1) is 11.7 Å². The predicted molar refractivity (Wildman–Crippen MR) is 94.8 cm³/mol. The van der Waals surface area contributed by atoms with Crippen LogP contribution in [0.4, 0.5) is 4.39 Å². The van der Waals surface area contributed by atoms with Crippen LogP contribution in [0.2, 0.25) is 0 Å². The second-order valence-corrected chi connectivity index (χ2v) is 6.71. The van der Waals surface area contributed by atoms with Crippen LogP contribution < -0.4 is 0 Å². The van der Waals surface area contributed by atoms with Gasteiger partial charge in [0.1, 0.15) is 5.82 Å². The fourth-order valence-electron chi connectivity index (χ4n) is 3.66. The molecular weight excluding hydrogens is 317 g/mol. The molecule has 0 radical (unpaired) electrons. The van der Waals surface area contributed by atoms with Gasteiger partial charge in [0.25, 0.3) is 5.91 Å². The van der Waals surface area contributed by atoms with Crippen LogP contribution in [-0.4, -0.2) is 34.1 Å². The summed E-state index contributed by atoms with van der Waals surface area (Å²) < 4.78 is 13.3. The number of H-pyrrole nitrogens is 1. The molecule has 0 atom stereocenters. The molecule has 0 bridgehead atoms. The van der Waals surface area contributed by atoms with E-state index in [9.17, 15) is 9.18 Å². The molecule has 1 aliphatic rings. The molecule has 4 rings (SSSR count). The number of carbonyl (C=O) groups is 1. The number of hydrogen-bond acceptors (Lipinski definition) is 2. The minimum atomic E-state index is -0.182. The molecule has 2 heterocycles. The van der Waals surface area contributed by atoms with Crippen LogP contribution in [0.25, 0.3) is 10.9 Å². The van der Waals surface area contributed by atoms with Crippen molar-refractivity contribution in [3.63, 3.8) is 0 Å². The first-order valence-corrected chi connectivity index (χ1v) is 8.66. The summed E-state index contributed by atoms with van der Waals surface area (Å²) in [6, 6.07) is 12.5. The van der Waals surface area contributed by atoms with E-state index in [0.717, 1.165) is 48.8 Å². The molecule has 128 valence electrons. The highest BCUT2D eigenvalue weighted by Gasteiger charge is 2.25. The van der Waals surface area contributed by atoms with E-state index >= 15 is 0 Å². The minimum Gasteiger partial charge on any atom is -0.339 e. The SMILES string of the molecule is O=C(c1cccc2[nH]ncc12)N1CCC(Cc2cccc(F)c2)CC1. The Balaban J connectivity index is 1.41. The van der Waals surface area contributed by atoms with E-state index in [1.807, 2.05) is 29.2 Å². The number of halogens is 1. The first-order valence-electron chi connectivity index (χ1n) is 8.66. The van der Waals surface area contributed by atoms with Crippen molar-refractivity contribution in [3.8, 4) is 0 Å². The highest BCUT2D eigenvalue weighted by atomic mass is 19.1. The number of benzene rings is 2. The van der Waals surface area contributed by atoms with Gasteiger partial charge in [0.2, 0.25) is 0 Å². The van der Waals surface area contributed by atoms with E-state index in [1.165, 1.54) is 6.07 Å². The first-order chi connectivity index (χ1) is 12.2. The van der Waals surface area contributed by atoms with Gasteiger partial charge in [-0.15, -0.1) is 0 Å². The quantitative estimate of drug-likeness (QED) is 0.790. The summed E-state index contributed by atoms with van der Waals surface area (Å²) in [5.41, 5.74) is 2.62. The number of amides is 1. The van der Waals surface area contributed by atoms with Gasteiger partial charge in [-0.3, -0.25) is 9.89 Å². The van der Waals surface area contributed by atoms with Crippen molar-refractivity contribution in [1.29, 1.82) is 0 Å². The molecule has 5 heteroatoms. The van der Waals surface area contributed by atoms with Crippen LogP contribution in [0.5, 0.6) is 0 Å². The average Bonchev–Trinajstić information content (AvgIpc) is 3.10. The summed E-state index contributed by atoms with van der Waals surface area (Å²) in [6.07, 6.45) is 4.48. The number of hydrogen-bond donors (Lipinski definition) is 1. The largest absolute Gasteiger partial charge is 0.339 e. The van der Waals surface area contributed by atoms with Crippen LogP contribution >= 0.6 is 0 Å². The Morgan fingerprint density at radius 2 is 2.00 bits per heavy atom. The zero-order valence-corrected chi connectivity index (χ0v) is 13.9. The maximum absolute atomic E-state index is 13.3. The molecule has 0 spiro atoms. The summed E-state index contributed by atoms with van der Waals surface area (Å²) >= 11 is 0. The number of aromatic nitrogens is 2. The van der Waals surface area contributed by atoms with Gasteiger partial charge < -0.3 is 4.90 Å². The topological polar surface area (TPSA) is 49.0 Å². The van der Waals surface area contributed by atoms with Gasteiger partial charge in [-0.05, 0) is 55.0 Å². The van der Waals surface area contributed by atoms with Crippen LogP contribution in [0.3, 0.4) is 0 Å². The molecule has 1 fully saturated rings. The van der Waals surface area contributed by atoms with E-state index in [4.69, 9.17) is 0 Å². The molecule has 1 amide bonds. The Labute approximate surface area is 145 Å². The summed E-state index contributed by atoms with van der Waals surface area (Å²) in [4.78, 5) is 14.8. The third-order valence-corrected chi connectivity index (χ3v) is 5.03. The fraction of sp³-hybridized carbons (Fsp3) is 0.300. The lowest BCUT2D eigenvalue weighted by atomic mass is 9.90. The molecule has 4 nitrogen and oxygen atoms in total. The second kappa shape index (κ2) is 6.67. The van der Waals surface area contributed by atoms with E-state index in [0.29, 0.717) is 11.5 Å². The zero-order valence-electron chi connectivity index (χ0n) is 13.9. The fourth-order valence-corrected chi connectivity index (χ4v) is 3.66. The Morgan fingerprint density at radius 3 is 2.80 bits per heavy atom. The predicted octanol–water partition coefficient (Wildman–Crippen LogP) is 3.80. The van der Waals surface area contributed by atoms with Gasteiger partial charge in [-0.25, -0.2) is 4.39 Å². The normalized spacial score (nSPS) is 15.6. The number of carbonyl (C=O) groups excluding carboxylic acids is 1. The number of piperidine rings is 1. The molecule has 2 aromatic carbocycles. The van der Waals surface area contributed by atoms with Crippen LogP contribution in [0.1, 0.15) is 28.8 Å². The molecule has 1 saturated heterocycles. The van der Waals surface area contributed by atoms with E-state index < -0.39 is 0 Å². The maximum atomic E-state index is 13.3. The smallest absolute Gasteiger partial charge is 0.254 e. The van der Waals surface area contributed by atoms with Crippen molar-refractivity contribution in [2.24, 2.45) is 5.92 Å². The molecule has 1 aromatic heterocycles. The summed E-state index contributed by atoms with van der Waals surface area (Å²) in [6.45, 7) is 1.49. The van der Waals surface area contributed by atoms with E-state index in [2.05, 4.69) is 10.2 Å². The number of aromatic amines is 1. The standard InChI is InChI=1S/C20H20FN3O/c21-16-4-1-3-15(12-16)11-14-7-9-24(10-8-14)20(25)17-5-2-6-19-18(17)13-22-23-19/h1-6,12-14H,7-11H2,(H,22,23). The van der Waals surface area contributed by atoms with E-state index in [-0.39, 0.29) is 11.7 Å². The third kappa shape index (κ3) is 3.27. The van der Waals surface area contributed by atoms with Crippen LogP contribution in [0.15, 0.2) is 48.7 Å². The van der Waals surface area contributed by atoms with Crippen molar-refractivity contribution < 1.29 is 9.18 Å². The lowest BCUT2D eigenvalue weighted by Crippen LogP contribution is -2.39.